The zero-order chi connectivity index (χ0) is 12.7. The highest BCUT2D eigenvalue weighted by molar-refractivity contribution is 5.75. The third kappa shape index (κ3) is 3.45. The summed E-state index contributed by atoms with van der Waals surface area (Å²) >= 11 is 0. The van der Waals surface area contributed by atoms with Crippen molar-refractivity contribution in [2.24, 2.45) is 5.41 Å². The predicted molar refractivity (Wildman–Crippen MR) is 70.7 cm³/mol. The molecule has 0 aromatic heterocycles. The third-order valence-corrected chi connectivity index (χ3v) is 3.43. The molecule has 0 radical (unpaired) electrons. The summed E-state index contributed by atoms with van der Waals surface area (Å²) in [5.74, 6) is -0.694. The fourth-order valence-corrected chi connectivity index (χ4v) is 1.91. The Balaban J connectivity index is 2.71. The highest BCUT2D eigenvalue weighted by atomic mass is 16.4. The van der Waals surface area contributed by atoms with Crippen molar-refractivity contribution in [3.8, 4) is 0 Å². The van der Waals surface area contributed by atoms with E-state index in [1.807, 2.05) is 56.3 Å². The zero-order valence-electron chi connectivity index (χ0n) is 10.5. The van der Waals surface area contributed by atoms with Crippen LogP contribution in [-0.2, 0) is 4.79 Å². The van der Waals surface area contributed by atoms with Gasteiger partial charge in [-0.25, -0.2) is 0 Å². The quantitative estimate of drug-likeness (QED) is 0.805. The summed E-state index contributed by atoms with van der Waals surface area (Å²) in [7, 11) is 0. The first-order valence-electron chi connectivity index (χ1n) is 6.09. The smallest absolute Gasteiger partial charge is 0.309 e. The number of aliphatic carboxylic acids is 1. The molecule has 0 aliphatic carbocycles. The van der Waals surface area contributed by atoms with E-state index in [2.05, 4.69) is 0 Å². The summed E-state index contributed by atoms with van der Waals surface area (Å²) < 4.78 is 0. The first-order valence-corrected chi connectivity index (χ1v) is 6.09. The lowest BCUT2D eigenvalue weighted by molar-refractivity contribution is -0.149. The SMILES string of the molecule is CCC(CC)(CC=Cc1ccccc1)C(=O)O. The van der Waals surface area contributed by atoms with E-state index in [4.69, 9.17) is 0 Å². The van der Waals surface area contributed by atoms with Crippen LogP contribution >= 0.6 is 0 Å². The van der Waals surface area contributed by atoms with Crippen LogP contribution in [0.4, 0.5) is 0 Å². The Morgan fingerprint density at radius 1 is 1.24 bits per heavy atom. The molecule has 2 nitrogen and oxygen atoms in total. The maximum Gasteiger partial charge on any atom is 0.309 e. The van der Waals surface area contributed by atoms with Gasteiger partial charge in [0, 0.05) is 0 Å². The molecule has 0 saturated carbocycles. The monoisotopic (exact) mass is 232 g/mol. The second kappa shape index (κ2) is 6.24. The number of carbonyl (C=O) groups is 1. The van der Waals surface area contributed by atoms with Crippen molar-refractivity contribution in [3.63, 3.8) is 0 Å². The molecule has 1 aromatic rings. The largest absolute Gasteiger partial charge is 0.481 e. The predicted octanol–water partition coefficient (Wildman–Crippen LogP) is 3.98. The van der Waals surface area contributed by atoms with Gasteiger partial charge in [-0.15, -0.1) is 0 Å². The van der Waals surface area contributed by atoms with Crippen molar-refractivity contribution >= 4 is 12.0 Å². The van der Waals surface area contributed by atoms with Crippen molar-refractivity contribution in [1.82, 2.24) is 0 Å². The maximum absolute atomic E-state index is 11.3. The number of carboxylic acids is 1. The van der Waals surface area contributed by atoms with Gasteiger partial charge in [-0.2, -0.15) is 0 Å². The molecule has 1 rings (SSSR count). The number of allylic oxidation sites excluding steroid dienone is 1. The van der Waals surface area contributed by atoms with Crippen LogP contribution in [0.25, 0.3) is 6.08 Å². The van der Waals surface area contributed by atoms with E-state index in [0.717, 1.165) is 5.56 Å². The summed E-state index contributed by atoms with van der Waals surface area (Å²) in [6.45, 7) is 3.88. The van der Waals surface area contributed by atoms with Gasteiger partial charge in [-0.1, -0.05) is 56.3 Å². The number of hydrogen-bond acceptors (Lipinski definition) is 1. The average Bonchev–Trinajstić information content (AvgIpc) is 2.36. The molecule has 0 spiro atoms. The van der Waals surface area contributed by atoms with E-state index in [-0.39, 0.29) is 0 Å². The minimum atomic E-state index is -0.694. The minimum absolute atomic E-state index is 0.588. The molecule has 2 heteroatoms. The molecule has 0 aliphatic heterocycles. The van der Waals surface area contributed by atoms with Crippen molar-refractivity contribution in [2.45, 2.75) is 33.1 Å². The molecular weight excluding hydrogens is 212 g/mol. The molecule has 0 atom stereocenters. The van der Waals surface area contributed by atoms with Gasteiger partial charge in [0.05, 0.1) is 5.41 Å². The van der Waals surface area contributed by atoms with Crippen molar-refractivity contribution < 1.29 is 9.90 Å². The fraction of sp³-hybridized carbons (Fsp3) is 0.400. The van der Waals surface area contributed by atoms with Crippen LogP contribution < -0.4 is 0 Å². The Morgan fingerprint density at radius 2 is 1.82 bits per heavy atom. The molecule has 1 aromatic carbocycles. The van der Waals surface area contributed by atoms with E-state index < -0.39 is 11.4 Å². The Morgan fingerprint density at radius 3 is 2.29 bits per heavy atom. The first-order chi connectivity index (χ1) is 8.14. The van der Waals surface area contributed by atoms with Crippen LogP contribution in [0.1, 0.15) is 38.7 Å². The molecule has 0 saturated heterocycles. The molecular formula is C15H20O2. The van der Waals surface area contributed by atoms with Gasteiger partial charge in [-0.3, -0.25) is 4.79 Å². The average molecular weight is 232 g/mol. The van der Waals surface area contributed by atoms with Crippen molar-refractivity contribution in [1.29, 1.82) is 0 Å². The first kappa shape index (κ1) is 13.5. The summed E-state index contributed by atoms with van der Waals surface area (Å²) in [6.07, 6.45) is 5.87. The topological polar surface area (TPSA) is 37.3 Å². The standard InChI is InChI=1S/C15H20O2/c1-3-15(4-2,14(16)17)12-8-11-13-9-6-5-7-10-13/h5-11H,3-4,12H2,1-2H3,(H,16,17). The molecule has 1 N–H and O–H groups in total. The fourth-order valence-electron chi connectivity index (χ4n) is 1.91. The van der Waals surface area contributed by atoms with Gasteiger partial charge in [0.25, 0.3) is 0 Å². The van der Waals surface area contributed by atoms with Crippen LogP contribution in [0.3, 0.4) is 0 Å². The number of hydrogen-bond donors (Lipinski definition) is 1. The molecule has 0 amide bonds. The second-order valence-electron chi connectivity index (χ2n) is 4.31. The van der Waals surface area contributed by atoms with Crippen LogP contribution in [0.15, 0.2) is 36.4 Å². The minimum Gasteiger partial charge on any atom is -0.481 e. The van der Waals surface area contributed by atoms with Crippen LogP contribution in [0, 0.1) is 5.41 Å². The van der Waals surface area contributed by atoms with E-state index >= 15 is 0 Å². The van der Waals surface area contributed by atoms with Gasteiger partial charge < -0.3 is 5.11 Å². The molecule has 0 bridgehead atoms. The number of rotatable bonds is 6. The lowest BCUT2D eigenvalue weighted by Crippen LogP contribution is -2.28. The molecule has 0 unspecified atom stereocenters. The molecule has 92 valence electrons. The van der Waals surface area contributed by atoms with Gasteiger partial charge in [0.15, 0.2) is 0 Å². The lowest BCUT2D eigenvalue weighted by Gasteiger charge is -2.24. The highest BCUT2D eigenvalue weighted by Gasteiger charge is 2.33. The molecule has 17 heavy (non-hydrogen) atoms. The van der Waals surface area contributed by atoms with Crippen LogP contribution in [0.5, 0.6) is 0 Å². The van der Waals surface area contributed by atoms with E-state index in [1.54, 1.807) is 0 Å². The lowest BCUT2D eigenvalue weighted by atomic mass is 9.79. The van der Waals surface area contributed by atoms with E-state index in [1.165, 1.54) is 0 Å². The second-order valence-corrected chi connectivity index (χ2v) is 4.31. The third-order valence-electron chi connectivity index (χ3n) is 3.43. The van der Waals surface area contributed by atoms with Gasteiger partial charge in [-0.05, 0) is 24.8 Å². The van der Waals surface area contributed by atoms with E-state index in [0.29, 0.717) is 19.3 Å². The normalized spacial score (nSPS) is 11.9. The molecule has 0 fully saturated rings. The van der Waals surface area contributed by atoms with Gasteiger partial charge >= 0.3 is 5.97 Å². The van der Waals surface area contributed by atoms with Crippen molar-refractivity contribution in [2.75, 3.05) is 0 Å². The Hall–Kier alpha value is -1.57. The van der Waals surface area contributed by atoms with E-state index in [9.17, 15) is 9.90 Å². The Labute approximate surface area is 103 Å². The highest BCUT2D eigenvalue weighted by Crippen LogP contribution is 2.31. The van der Waals surface area contributed by atoms with Gasteiger partial charge in [0.2, 0.25) is 0 Å². The van der Waals surface area contributed by atoms with Crippen molar-refractivity contribution in [3.05, 3.63) is 42.0 Å². The summed E-state index contributed by atoms with van der Waals surface area (Å²) in [6, 6.07) is 9.94. The van der Waals surface area contributed by atoms with Crippen LogP contribution in [0.2, 0.25) is 0 Å². The summed E-state index contributed by atoms with van der Waals surface area (Å²) in [5.41, 5.74) is 0.504. The zero-order valence-corrected chi connectivity index (χ0v) is 10.5. The van der Waals surface area contributed by atoms with Gasteiger partial charge in [0.1, 0.15) is 0 Å². The summed E-state index contributed by atoms with van der Waals surface area (Å²) in [4.78, 5) is 11.3. The molecule has 0 heterocycles. The number of benzene rings is 1. The van der Waals surface area contributed by atoms with Crippen LogP contribution in [-0.4, -0.2) is 11.1 Å². The summed E-state index contributed by atoms with van der Waals surface area (Å²) in [5, 5.41) is 9.29. The Bertz CT molecular complexity index is 375. The maximum atomic E-state index is 11.3. The number of carboxylic acid groups (broad SMARTS) is 1. The molecule has 0 aliphatic rings. The Kier molecular flexibility index (Phi) is 4.95.